The molecule has 0 bridgehead atoms. The van der Waals surface area contributed by atoms with Crippen molar-refractivity contribution in [2.24, 2.45) is 0 Å². The molecule has 0 aliphatic heterocycles. The van der Waals surface area contributed by atoms with Gasteiger partial charge in [0, 0.05) is 11.6 Å². The average molecular weight is 280 g/mol. The Kier molecular flexibility index (Phi) is 4.44. The maximum Gasteiger partial charge on any atom is 0.412 e. The number of Topliss-reactive ketones (excluding diaryl/α,β-unsaturated/α-hetero) is 1. The van der Waals surface area contributed by atoms with Gasteiger partial charge in [0.05, 0.1) is 4.92 Å². The molecule has 0 unspecified atom stereocenters. The fourth-order valence-electron chi connectivity index (χ4n) is 1.42. The van der Waals surface area contributed by atoms with E-state index in [-0.39, 0.29) is 22.7 Å². The van der Waals surface area contributed by atoms with Crippen LogP contribution in [0.1, 0.15) is 38.1 Å². The van der Waals surface area contributed by atoms with Crippen LogP contribution in [-0.2, 0) is 4.74 Å². The Morgan fingerprint density at radius 2 is 1.90 bits per heavy atom. The quantitative estimate of drug-likeness (QED) is 0.521. The van der Waals surface area contributed by atoms with Crippen LogP contribution in [0, 0.1) is 10.1 Å². The van der Waals surface area contributed by atoms with Crippen LogP contribution in [-0.4, -0.2) is 22.4 Å². The number of carbonyl (C=O) groups is 2. The van der Waals surface area contributed by atoms with Gasteiger partial charge in [-0.2, -0.15) is 0 Å². The summed E-state index contributed by atoms with van der Waals surface area (Å²) in [5, 5.41) is 13.3. The van der Waals surface area contributed by atoms with Gasteiger partial charge in [-0.05, 0) is 39.8 Å². The van der Waals surface area contributed by atoms with Gasteiger partial charge in [-0.1, -0.05) is 0 Å². The molecule has 108 valence electrons. The normalized spacial score (nSPS) is 10.8. The van der Waals surface area contributed by atoms with Crippen LogP contribution in [0.15, 0.2) is 18.2 Å². The number of hydrogen-bond donors (Lipinski definition) is 1. The van der Waals surface area contributed by atoms with Gasteiger partial charge in [0.2, 0.25) is 0 Å². The summed E-state index contributed by atoms with van der Waals surface area (Å²) in [4.78, 5) is 33.1. The Hall–Kier alpha value is -2.44. The molecule has 1 N–H and O–H groups in total. The molecule has 0 spiro atoms. The zero-order chi connectivity index (χ0) is 15.5. The van der Waals surface area contributed by atoms with Crippen molar-refractivity contribution in [3.05, 3.63) is 33.9 Å². The first-order valence-electron chi connectivity index (χ1n) is 5.89. The van der Waals surface area contributed by atoms with E-state index in [4.69, 9.17) is 4.74 Å². The number of rotatable bonds is 3. The Morgan fingerprint density at radius 3 is 2.35 bits per heavy atom. The summed E-state index contributed by atoms with van der Waals surface area (Å²) in [6, 6.07) is 3.83. The summed E-state index contributed by atoms with van der Waals surface area (Å²) in [5.41, 5.74) is -0.887. The van der Waals surface area contributed by atoms with Gasteiger partial charge in [-0.3, -0.25) is 20.2 Å². The van der Waals surface area contributed by atoms with Crippen molar-refractivity contribution in [2.75, 3.05) is 5.32 Å². The largest absolute Gasteiger partial charge is 0.444 e. The highest BCUT2D eigenvalue weighted by Crippen LogP contribution is 2.26. The molecular formula is C13H16N2O5. The van der Waals surface area contributed by atoms with E-state index in [9.17, 15) is 19.7 Å². The molecule has 20 heavy (non-hydrogen) atoms. The summed E-state index contributed by atoms with van der Waals surface area (Å²) < 4.78 is 5.01. The van der Waals surface area contributed by atoms with Crippen molar-refractivity contribution in [2.45, 2.75) is 33.3 Å². The van der Waals surface area contributed by atoms with Crippen LogP contribution < -0.4 is 5.32 Å². The number of anilines is 1. The van der Waals surface area contributed by atoms with E-state index >= 15 is 0 Å². The van der Waals surface area contributed by atoms with Gasteiger partial charge in [0.15, 0.2) is 5.78 Å². The molecule has 0 fully saturated rings. The van der Waals surface area contributed by atoms with Crippen molar-refractivity contribution in [3.8, 4) is 0 Å². The zero-order valence-electron chi connectivity index (χ0n) is 11.7. The SMILES string of the molecule is CC(=O)c1ccc(NC(=O)OC(C)(C)C)c([N+](=O)[O-])c1. The van der Waals surface area contributed by atoms with Gasteiger partial charge in [0.1, 0.15) is 11.3 Å². The Labute approximate surface area is 116 Å². The van der Waals surface area contributed by atoms with Crippen LogP contribution in [0.5, 0.6) is 0 Å². The minimum Gasteiger partial charge on any atom is -0.444 e. The summed E-state index contributed by atoms with van der Waals surface area (Å²) in [6.07, 6.45) is -0.795. The van der Waals surface area contributed by atoms with E-state index in [1.54, 1.807) is 20.8 Å². The predicted molar refractivity (Wildman–Crippen MR) is 73.0 cm³/mol. The second-order valence-corrected chi connectivity index (χ2v) is 5.17. The highest BCUT2D eigenvalue weighted by molar-refractivity contribution is 5.96. The van der Waals surface area contributed by atoms with E-state index in [1.165, 1.54) is 19.1 Å². The van der Waals surface area contributed by atoms with E-state index in [0.29, 0.717) is 0 Å². The fourth-order valence-corrected chi connectivity index (χ4v) is 1.42. The minimum absolute atomic E-state index is 0.0192. The molecule has 7 heteroatoms. The van der Waals surface area contributed by atoms with Gasteiger partial charge in [-0.15, -0.1) is 0 Å². The molecule has 0 aliphatic carbocycles. The lowest BCUT2D eigenvalue weighted by molar-refractivity contribution is -0.383. The molecule has 0 heterocycles. The lowest BCUT2D eigenvalue weighted by Crippen LogP contribution is -2.27. The number of nitrogens with one attached hydrogen (secondary N) is 1. The number of ketones is 1. The second kappa shape index (κ2) is 5.68. The van der Waals surface area contributed by atoms with Crippen molar-refractivity contribution in [1.29, 1.82) is 0 Å². The number of amides is 1. The summed E-state index contributed by atoms with van der Waals surface area (Å²) in [6.45, 7) is 6.35. The number of hydrogen-bond acceptors (Lipinski definition) is 5. The van der Waals surface area contributed by atoms with Crippen LogP contribution in [0.25, 0.3) is 0 Å². The first-order chi connectivity index (χ1) is 9.10. The van der Waals surface area contributed by atoms with Crippen LogP contribution in [0.2, 0.25) is 0 Å². The van der Waals surface area contributed by atoms with E-state index in [0.717, 1.165) is 6.07 Å². The van der Waals surface area contributed by atoms with Gasteiger partial charge in [0.25, 0.3) is 5.69 Å². The summed E-state index contributed by atoms with van der Waals surface area (Å²) in [5.74, 6) is -0.295. The second-order valence-electron chi connectivity index (χ2n) is 5.17. The number of benzene rings is 1. The van der Waals surface area contributed by atoms with Gasteiger partial charge < -0.3 is 4.74 Å². The number of nitrogens with zero attached hydrogens (tertiary/aromatic N) is 1. The van der Waals surface area contributed by atoms with Crippen LogP contribution in [0.3, 0.4) is 0 Å². The molecule has 0 radical (unpaired) electrons. The summed E-state index contributed by atoms with van der Waals surface area (Å²) >= 11 is 0. The first-order valence-corrected chi connectivity index (χ1v) is 5.89. The third-order valence-electron chi connectivity index (χ3n) is 2.24. The van der Waals surface area contributed by atoms with Gasteiger partial charge in [-0.25, -0.2) is 4.79 Å². The third kappa shape index (κ3) is 4.34. The zero-order valence-corrected chi connectivity index (χ0v) is 11.7. The van der Waals surface area contributed by atoms with Crippen molar-refractivity contribution in [3.63, 3.8) is 0 Å². The highest BCUT2D eigenvalue weighted by Gasteiger charge is 2.21. The highest BCUT2D eigenvalue weighted by atomic mass is 16.6. The number of ether oxygens (including phenoxy) is 1. The number of nitro benzene ring substituents is 1. The molecule has 1 amide bonds. The maximum absolute atomic E-state index is 11.6. The number of carbonyl (C=O) groups excluding carboxylic acids is 2. The first kappa shape index (κ1) is 15.6. The van der Waals surface area contributed by atoms with Crippen molar-refractivity contribution in [1.82, 2.24) is 0 Å². The molecule has 0 atom stereocenters. The third-order valence-corrected chi connectivity index (χ3v) is 2.24. The van der Waals surface area contributed by atoms with E-state index < -0.39 is 16.6 Å². The Balaban J connectivity index is 3.03. The standard InChI is InChI=1S/C13H16N2O5/c1-8(16)9-5-6-10(11(7-9)15(18)19)14-12(17)20-13(2,3)4/h5-7H,1-4H3,(H,14,17). The van der Waals surface area contributed by atoms with Crippen molar-refractivity contribution < 1.29 is 19.2 Å². The predicted octanol–water partition coefficient (Wildman–Crippen LogP) is 3.14. The minimum atomic E-state index is -0.795. The molecule has 7 nitrogen and oxygen atoms in total. The molecular weight excluding hydrogens is 264 g/mol. The van der Waals surface area contributed by atoms with Crippen LogP contribution in [0.4, 0.5) is 16.2 Å². The van der Waals surface area contributed by atoms with Crippen LogP contribution >= 0.6 is 0 Å². The lowest BCUT2D eigenvalue weighted by Gasteiger charge is -2.19. The average Bonchev–Trinajstić information content (AvgIpc) is 2.25. The smallest absolute Gasteiger partial charge is 0.412 e. The molecule has 1 aromatic rings. The topological polar surface area (TPSA) is 98.5 Å². The molecule has 0 aliphatic rings. The summed E-state index contributed by atoms with van der Waals surface area (Å²) in [7, 11) is 0. The Bertz CT molecular complexity index is 560. The fraction of sp³-hybridized carbons (Fsp3) is 0.385. The van der Waals surface area contributed by atoms with E-state index in [2.05, 4.69) is 5.32 Å². The molecule has 0 aromatic heterocycles. The number of nitro groups is 1. The molecule has 0 saturated heterocycles. The molecule has 1 rings (SSSR count). The maximum atomic E-state index is 11.6. The monoisotopic (exact) mass is 280 g/mol. The van der Waals surface area contributed by atoms with Crippen molar-refractivity contribution >= 4 is 23.3 Å². The Morgan fingerprint density at radius 1 is 1.30 bits per heavy atom. The van der Waals surface area contributed by atoms with E-state index in [1.807, 2.05) is 0 Å². The molecule has 0 saturated carbocycles. The molecule has 1 aromatic carbocycles. The lowest BCUT2D eigenvalue weighted by atomic mass is 10.1. The van der Waals surface area contributed by atoms with Gasteiger partial charge >= 0.3 is 6.09 Å².